The second kappa shape index (κ2) is 9.15. The van der Waals surface area contributed by atoms with Crippen molar-refractivity contribution in [2.45, 2.75) is 25.9 Å². The first-order chi connectivity index (χ1) is 9.13. The van der Waals surface area contributed by atoms with E-state index >= 15 is 0 Å². The van der Waals surface area contributed by atoms with Crippen LogP contribution >= 0.6 is 11.6 Å². The largest absolute Gasteiger partial charge is 0.491 e. The highest BCUT2D eigenvalue weighted by Crippen LogP contribution is 2.20. The van der Waals surface area contributed by atoms with E-state index < -0.39 is 6.10 Å². The molecule has 3 N–H and O–H groups in total. The van der Waals surface area contributed by atoms with Crippen LogP contribution in [0.5, 0.6) is 5.75 Å². The first-order valence-electron chi connectivity index (χ1n) is 6.52. The Morgan fingerprint density at radius 2 is 2.16 bits per heavy atom. The van der Waals surface area contributed by atoms with Crippen LogP contribution in [0.3, 0.4) is 0 Å². The van der Waals surface area contributed by atoms with Gasteiger partial charge in [0.1, 0.15) is 18.5 Å². The molecule has 0 spiro atoms. The lowest BCUT2D eigenvalue weighted by Gasteiger charge is -2.13. The number of ether oxygens (including phenoxy) is 1. The smallest absolute Gasteiger partial charge is 0.119 e. The minimum Gasteiger partial charge on any atom is -0.491 e. The van der Waals surface area contributed by atoms with Crippen molar-refractivity contribution in [2.75, 3.05) is 26.3 Å². The van der Waals surface area contributed by atoms with Crippen molar-refractivity contribution in [2.24, 2.45) is 0 Å². The van der Waals surface area contributed by atoms with E-state index in [4.69, 9.17) is 21.4 Å². The van der Waals surface area contributed by atoms with Crippen LogP contribution in [0.4, 0.5) is 0 Å². The van der Waals surface area contributed by atoms with E-state index in [0.29, 0.717) is 17.3 Å². The predicted octanol–water partition coefficient (Wildman–Crippen LogP) is 1.75. The van der Waals surface area contributed by atoms with E-state index in [-0.39, 0.29) is 13.2 Å². The molecule has 1 unspecified atom stereocenters. The zero-order chi connectivity index (χ0) is 14.1. The fraction of sp³-hybridized carbons (Fsp3) is 0.571. The number of hydrogen-bond donors (Lipinski definition) is 3. The Morgan fingerprint density at radius 1 is 1.37 bits per heavy atom. The molecule has 0 fully saturated rings. The van der Waals surface area contributed by atoms with Gasteiger partial charge in [0.2, 0.25) is 0 Å². The Kier molecular flexibility index (Phi) is 7.82. The Hall–Kier alpha value is -0.810. The fourth-order valence-corrected chi connectivity index (χ4v) is 1.71. The topological polar surface area (TPSA) is 61.7 Å². The summed E-state index contributed by atoms with van der Waals surface area (Å²) in [6.07, 6.45) is 1.13. The summed E-state index contributed by atoms with van der Waals surface area (Å²) >= 11 is 5.92. The van der Waals surface area contributed by atoms with E-state index in [2.05, 4.69) is 5.32 Å². The molecule has 0 heterocycles. The average Bonchev–Trinajstić information content (AvgIpc) is 2.40. The standard InChI is InChI=1S/C14H22ClNO3/c1-11-8-13(4-5-14(11)15)19-10-12(18)9-16-6-2-3-7-17/h4-5,8,12,16-18H,2-3,6-7,9-10H2,1H3. The van der Waals surface area contributed by atoms with Gasteiger partial charge < -0.3 is 20.3 Å². The number of hydrogen-bond acceptors (Lipinski definition) is 4. The van der Waals surface area contributed by atoms with Crippen molar-refractivity contribution in [3.8, 4) is 5.75 Å². The van der Waals surface area contributed by atoms with E-state index in [1.807, 2.05) is 13.0 Å². The van der Waals surface area contributed by atoms with Crippen LogP contribution < -0.4 is 10.1 Å². The molecule has 5 heteroatoms. The van der Waals surface area contributed by atoms with Crippen molar-refractivity contribution < 1.29 is 14.9 Å². The summed E-state index contributed by atoms with van der Waals surface area (Å²) in [7, 11) is 0. The molecule has 0 bridgehead atoms. The normalized spacial score (nSPS) is 12.4. The van der Waals surface area contributed by atoms with Gasteiger partial charge in [0.15, 0.2) is 0 Å². The molecule has 1 rings (SSSR count). The maximum atomic E-state index is 9.73. The van der Waals surface area contributed by atoms with E-state index in [1.165, 1.54) is 0 Å². The molecule has 0 radical (unpaired) electrons. The number of halogens is 1. The molecule has 0 aromatic heterocycles. The minimum absolute atomic E-state index is 0.212. The number of nitrogens with one attached hydrogen (secondary N) is 1. The fourth-order valence-electron chi connectivity index (χ4n) is 1.59. The number of aliphatic hydroxyl groups excluding tert-OH is 2. The van der Waals surface area contributed by atoms with Gasteiger partial charge in [-0.1, -0.05) is 11.6 Å². The molecule has 0 aliphatic rings. The van der Waals surface area contributed by atoms with Gasteiger partial charge in [-0.15, -0.1) is 0 Å². The van der Waals surface area contributed by atoms with Crippen molar-refractivity contribution in [3.63, 3.8) is 0 Å². The molecule has 1 atom stereocenters. The number of benzene rings is 1. The molecule has 1 aromatic carbocycles. The van der Waals surface area contributed by atoms with Gasteiger partial charge in [-0.05, 0) is 50.1 Å². The summed E-state index contributed by atoms with van der Waals surface area (Å²) in [5.41, 5.74) is 0.954. The van der Waals surface area contributed by atoms with Gasteiger partial charge in [0.25, 0.3) is 0 Å². The molecule has 0 saturated carbocycles. The Bertz CT molecular complexity index is 374. The van der Waals surface area contributed by atoms with Gasteiger partial charge in [-0.2, -0.15) is 0 Å². The lowest BCUT2D eigenvalue weighted by Crippen LogP contribution is -2.32. The molecule has 0 saturated heterocycles. The summed E-state index contributed by atoms with van der Waals surface area (Å²) in [6.45, 7) is 3.64. The maximum absolute atomic E-state index is 9.73. The maximum Gasteiger partial charge on any atom is 0.119 e. The highest BCUT2D eigenvalue weighted by molar-refractivity contribution is 6.31. The molecule has 0 amide bonds. The number of aliphatic hydroxyl groups is 2. The predicted molar refractivity (Wildman–Crippen MR) is 76.9 cm³/mol. The summed E-state index contributed by atoms with van der Waals surface area (Å²) in [5.74, 6) is 0.709. The van der Waals surface area contributed by atoms with Crippen LogP contribution in [0.25, 0.3) is 0 Å². The Labute approximate surface area is 119 Å². The molecule has 0 aliphatic heterocycles. The molecule has 1 aromatic rings. The average molecular weight is 288 g/mol. The van der Waals surface area contributed by atoms with E-state index in [0.717, 1.165) is 24.9 Å². The molecular formula is C14H22ClNO3. The first kappa shape index (κ1) is 16.2. The third-order valence-electron chi connectivity index (χ3n) is 2.71. The highest BCUT2D eigenvalue weighted by atomic mass is 35.5. The second-order valence-corrected chi connectivity index (χ2v) is 4.92. The molecule has 108 valence electrons. The third-order valence-corrected chi connectivity index (χ3v) is 3.14. The van der Waals surface area contributed by atoms with Gasteiger partial charge >= 0.3 is 0 Å². The summed E-state index contributed by atoms with van der Waals surface area (Å²) in [6, 6.07) is 5.42. The van der Waals surface area contributed by atoms with Crippen LogP contribution in [-0.2, 0) is 0 Å². The van der Waals surface area contributed by atoms with E-state index in [1.54, 1.807) is 12.1 Å². The van der Waals surface area contributed by atoms with Crippen LogP contribution in [0.2, 0.25) is 5.02 Å². The third kappa shape index (κ3) is 6.78. The van der Waals surface area contributed by atoms with Crippen molar-refractivity contribution in [1.29, 1.82) is 0 Å². The monoisotopic (exact) mass is 287 g/mol. The lowest BCUT2D eigenvalue weighted by molar-refractivity contribution is 0.106. The molecular weight excluding hydrogens is 266 g/mol. The zero-order valence-corrected chi connectivity index (χ0v) is 12.0. The second-order valence-electron chi connectivity index (χ2n) is 4.51. The minimum atomic E-state index is -0.551. The SMILES string of the molecule is Cc1cc(OCC(O)CNCCCCO)ccc1Cl. The number of aryl methyl sites for hydroxylation is 1. The summed E-state index contributed by atoms with van der Waals surface area (Å²) < 4.78 is 5.49. The van der Waals surface area contributed by atoms with E-state index in [9.17, 15) is 5.11 Å². The molecule has 4 nitrogen and oxygen atoms in total. The number of rotatable bonds is 9. The quantitative estimate of drug-likeness (QED) is 0.606. The Balaban J connectivity index is 2.18. The zero-order valence-electron chi connectivity index (χ0n) is 11.2. The van der Waals surface area contributed by atoms with Crippen LogP contribution in [0.15, 0.2) is 18.2 Å². The lowest BCUT2D eigenvalue weighted by atomic mass is 10.2. The first-order valence-corrected chi connectivity index (χ1v) is 6.90. The van der Waals surface area contributed by atoms with Gasteiger partial charge in [0, 0.05) is 18.2 Å². The van der Waals surface area contributed by atoms with Gasteiger partial charge in [-0.25, -0.2) is 0 Å². The Morgan fingerprint density at radius 3 is 2.84 bits per heavy atom. The summed E-state index contributed by atoms with van der Waals surface area (Å²) in [4.78, 5) is 0. The highest BCUT2D eigenvalue weighted by Gasteiger charge is 2.05. The van der Waals surface area contributed by atoms with Crippen molar-refractivity contribution in [3.05, 3.63) is 28.8 Å². The van der Waals surface area contributed by atoms with Crippen molar-refractivity contribution >= 4 is 11.6 Å². The van der Waals surface area contributed by atoms with Crippen LogP contribution in [-0.4, -0.2) is 42.6 Å². The number of unbranched alkanes of at least 4 members (excludes halogenated alkanes) is 1. The molecule has 19 heavy (non-hydrogen) atoms. The van der Waals surface area contributed by atoms with Gasteiger partial charge in [-0.3, -0.25) is 0 Å². The van der Waals surface area contributed by atoms with Gasteiger partial charge in [0.05, 0.1) is 0 Å². The molecule has 0 aliphatic carbocycles. The van der Waals surface area contributed by atoms with Crippen LogP contribution in [0.1, 0.15) is 18.4 Å². The van der Waals surface area contributed by atoms with Crippen LogP contribution in [0, 0.1) is 6.92 Å². The van der Waals surface area contributed by atoms with Crippen molar-refractivity contribution in [1.82, 2.24) is 5.32 Å². The summed E-state index contributed by atoms with van der Waals surface area (Å²) in [5, 5.41) is 22.2.